The number of aliphatic hydroxyl groups excluding tert-OH is 1. The Morgan fingerprint density at radius 3 is 2.56 bits per heavy atom. The number of nitrogens with zero attached hydrogens (tertiary/aromatic N) is 1. The van der Waals surface area contributed by atoms with Crippen LogP contribution in [0, 0.1) is 5.92 Å². The Labute approximate surface area is 163 Å². The second-order valence-corrected chi connectivity index (χ2v) is 6.78. The van der Waals surface area contributed by atoms with Gasteiger partial charge < -0.3 is 20.1 Å². The minimum atomic E-state index is -4.40. The standard InChI is InChI=1S/C18H25F3N2O3.ClH/c1-12-9-13(7-8-22-12)17(25)23(2)10-15(24)11-26-16-5-3-14(4-6-16)18(19,20)21;/h3-6,12-13,15,22,24H,7-11H2,1-2H3;1H/t12-,13-,15?;/m0./s1. The Kier molecular flexibility index (Phi) is 8.84. The van der Waals surface area contributed by atoms with Gasteiger partial charge in [-0.1, -0.05) is 0 Å². The van der Waals surface area contributed by atoms with Crippen molar-refractivity contribution in [2.45, 2.75) is 38.1 Å². The van der Waals surface area contributed by atoms with Gasteiger partial charge in [0.2, 0.25) is 5.91 Å². The van der Waals surface area contributed by atoms with Crippen molar-refractivity contribution in [1.82, 2.24) is 10.2 Å². The van der Waals surface area contributed by atoms with Gasteiger partial charge >= 0.3 is 6.18 Å². The molecule has 0 aliphatic carbocycles. The maximum Gasteiger partial charge on any atom is 0.416 e. The molecule has 1 saturated heterocycles. The fraction of sp³-hybridized carbons (Fsp3) is 0.611. The number of hydrogen-bond donors (Lipinski definition) is 2. The van der Waals surface area contributed by atoms with Crippen LogP contribution in [-0.4, -0.2) is 54.8 Å². The monoisotopic (exact) mass is 410 g/mol. The minimum absolute atomic E-state index is 0. The quantitative estimate of drug-likeness (QED) is 0.757. The lowest BCUT2D eigenvalue weighted by atomic mass is 9.92. The molecule has 154 valence electrons. The van der Waals surface area contributed by atoms with E-state index in [4.69, 9.17) is 4.74 Å². The summed E-state index contributed by atoms with van der Waals surface area (Å²) in [5.74, 6) is 0.171. The lowest BCUT2D eigenvalue weighted by molar-refractivity contribution is -0.137. The topological polar surface area (TPSA) is 61.8 Å². The van der Waals surface area contributed by atoms with Crippen LogP contribution < -0.4 is 10.1 Å². The van der Waals surface area contributed by atoms with E-state index in [1.807, 2.05) is 6.92 Å². The highest BCUT2D eigenvalue weighted by Gasteiger charge is 2.30. The Bertz CT molecular complexity index is 599. The number of likely N-dealkylation sites (N-methyl/N-ethyl adjacent to an activating group) is 1. The molecular weight excluding hydrogens is 385 g/mol. The molecule has 0 radical (unpaired) electrons. The van der Waals surface area contributed by atoms with Crippen LogP contribution in [0.4, 0.5) is 13.2 Å². The molecule has 1 heterocycles. The van der Waals surface area contributed by atoms with Gasteiger partial charge in [-0.25, -0.2) is 0 Å². The zero-order valence-electron chi connectivity index (χ0n) is 15.3. The number of ether oxygens (including phenoxy) is 1. The largest absolute Gasteiger partial charge is 0.491 e. The summed E-state index contributed by atoms with van der Waals surface area (Å²) in [5.41, 5.74) is -0.757. The van der Waals surface area contributed by atoms with Crippen molar-refractivity contribution >= 4 is 18.3 Å². The van der Waals surface area contributed by atoms with E-state index in [1.54, 1.807) is 7.05 Å². The van der Waals surface area contributed by atoms with E-state index in [-0.39, 0.29) is 43.1 Å². The van der Waals surface area contributed by atoms with Crippen molar-refractivity contribution in [3.8, 4) is 5.75 Å². The fourth-order valence-electron chi connectivity index (χ4n) is 3.06. The number of carbonyl (C=O) groups excluding carboxylic acids is 1. The Balaban J connectivity index is 0.00000364. The highest BCUT2D eigenvalue weighted by molar-refractivity contribution is 5.85. The molecule has 1 aliphatic heterocycles. The number of hydrogen-bond acceptors (Lipinski definition) is 4. The summed E-state index contributed by atoms with van der Waals surface area (Å²) in [6.07, 6.45) is -3.79. The van der Waals surface area contributed by atoms with Crippen LogP contribution >= 0.6 is 12.4 Å². The number of alkyl halides is 3. The third kappa shape index (κ3) is 7.20. The molecule has 2 N–H and O–H groups in total. The maximum atomic E-state index is 12.5. The maximum absolute atomic E-state index is 12.5. The summed E-state index contributed by atoms with van der Waals surface area (Å²) < 4.78 is 42.8. The van der Waals surface area contributed by atoms with E-state index in [9.17, 15) is 23.1 Å². The van der Waals surface area contributed by atoms with Crippen LogP contribution in [0.1, 0.15) is 25.3 Å². The molecule has 0 aromatic heterocycles. The molecule has 1 fully saturated rings. The smallest absolute Gasteiger partial charge is 0.416 e. The van der Waals surface area contributed by atoms with Gasteiger partial charge in [0.1, 0.15) is 18.5 Å². The van der Waals surface area contributed by atoms with Gasteiger partial charge in [0.25, 0.3) is 0 Å². The first-order valence-corrected chi connectivity index (χ1v) is 8.63. The van der Waals surface area contributed by atoms with Crippen molar-refractivity contribution in [2.75, 3.05) is 26.7 Å². The zero-order valence-corrected chi connectivity index (χ0v) is 16.1. The highest BCUT2D eigenvalue weighted by Crippen LogP contribution is 2.30. The van der Waals surface area contributed by atoms with Crippen molar-refractivity contribution in [1.29, 1.82) is 0 Å². The molecule has 9 heteroatoms. The average Bonchev–Trinajstić information content (AvgIpc) is 2.59. The normalized spacial score (nSPS) is 21.1. The van der Waals surface area contributed by atoms with Crippen molar-refractivity contribution in [2.24, 2.45) is 5.92 Å². The average molecular weight is 411 g/mol. The predicted molar refractivity (Wildman–Crippen MR) is 98.0 cm³/mol. The van der Waals surface area contributed by atoms with Crippen LogP contribution in [0.2, 0.25) is 0 Å². The van der Waals surface area contributed by atoms with Gasteiger partial charge in [-0.2, -0.15) is 13.2 Å². The summed E-state index contributed by atoms with van der Waals surface area (Å²) in [7, 11) is 1.64. The van der Waals surface area contributed by atoms with Crippen LogP contribution in [0.3, 0.4) is 0 Å². The van der Waals surface area contributed by atoms with Gasteiger partial charge in [-0.3, -0.25) is 4.79 Å². The zero-order chi connectivity index (χ0) is 19.3. The molecule has 0 bridgehead atoms. The van der Waals surface area contributed by atoms with E-state index in [2.05, 4.69) is 5.32 Å². The summed E-state index contributed by atoms with van der Waals surface area (Å²) in [4.78, 5) is 13.9. The predicted octanol–water partition coefficient (Wildman–Crippen LogP) is 2.71. The van der Waals surface area contributed by atoms with Gasteiger partial charge in [-0.05, 0) is 50.6 Å². The minimum Gasteiger partial charge on any atom is -0.491 e. The molecule has 2 rings (SSSR count). The second-order valence-electron chi connectivity index (χ2n) is 6.78. The molecule has 1 aromatic carbocycles. The van der Waals surface area contributed by atoms with Gasteiger partial charge in [0, 0.05) is 25.6 Å². The Morgan fingerprint density at radius 1 is 1.37 bits per heavy atom. The third-order valence-electron chi connectivity index (χ3n) is 4.46. The van der Waals surface area contributed by atoms with E-state index in [0.717, 1.165) is 31.5 Å². The third-order valence-corrected chi connectivity index (χ3v) is 4.46. The Morgan fingerprint density at radius 2 is 2.00 bits per heavy atom. The molecule has 5 nitrogen and oxygen atoms in total. The molecule has 3 atom stereocenters. The first kappa shape index (κ1) is 23.5. The van der Waals surface area contributed by atoms with Crippen molar-refractivity contribution in [3.05, 3.63) is 29.8 Å². The van der Waals surface area contributed by atoms with Crippen LogP contribution in [0.15, 0.2) is 24.3 Å². The van der Waals surface area contributed by atoms with E-state index >= 15 is 0 Å². The summed E-state index contributed by atoms with van der Waals surface area (Å²) >= 11 is 0. The molecule has 1 aliphatic rings. The molecule has 27 heavy (non-hydrogen) atoms. The number of aliphatic hydroxyl groups is 1. The van der Waals surface area contributed by atoms with E-state index in [0.29, 0.717) is 6.04 Å². The van der Waals surface area contributed by atoms with Crippen LogP contribution in [0.5, 0.6) is 5.75 Å². The Hall–Kier alpha value is -1.51. The molecule has 1 amide bonds. The van der Waals surface area contributed by atoms with Gasteiger partial charge in [-0.15, -0.1) is 12.4 Å². The lowest BCUT2D eigenvalue weighted by Gasteiger charge is -2.31. The van der Waals surface area contributed by atoms with E-state index in [1.165, 1.54) is 17.0 Å². The van der Waals surface area contributed by atoms with Crippen LogP contribution in [0.25, 0.3) is 0 Å². The molecule has 0 spiro atoms. The number of benzene rings is 1. The number of nitrogens with one attached hydrogen (secondary N) is 1. The highest BCUT2D eigenvalue weighted by atomic mass is 35.5. The number of piperidine rings is 1. The first-order chi connectivity index (χ1) is 12.2. The number of halogens is 4. The van der Waals surface area contributed by atoms with Gasteiger partial charge in [0.05, 0.1) is 5.56 Å². The summed E-state index contributed by atoms with van der Waals surface area (Å²) in [6, 6.07) is 4.56. The summed E-state index contributed by atoms with van der Waals surface area (Å²) in [5, 5.41) is 13.3. The second kappa shape index (κ2) is 10.1. The number of amides is 1. The van der Waals surface area contributed by atoms with Gasteiger partial charge in [0.15, 0.2) is 0 Å². The van der Waals surface area contributed by atoms with Crippen molar-refractivity contribution < 1.29 is 27.8 Å². The fourth-order valence-corrected chi connectivity index (χ4v) is 3.06. The van der Waals surface area contributed by atoms with Crippen molar-refractivity contribution in [3.63, 3.8) is 0 Å². The summed E-state index contributed by atoms with van der Waals surface area (Å²) in [6.45, 7) is 2.83. The molecule has 1 unspecified atom stereocenters. The number of carbonyl (C=O) groups is 1. The SMILES string of the molecule is C[C@H]1C[C@@H](C(=O)N(C)CC(O)COc2ccc(C(F)(F)F)cc2)CCN1.Cl. The first-order valence-electron chi connectivity index (χ1n) is 8.63. The van der Waals surface area contributed by atoms with E-state index < -0.39 is 17.8 Å². The molecule has 0 saturated carbocycles. The lowest BCUT2D eigenvalue weighted by Crippen LogP contribution is -2.45. The van der Waals surface area contributed by atoms with Crippen LogP contribution in [-0.2, 0) is 11.0 Å². The molecular formula is C18H26ClF3N2O3. The number of rotatable bonds is 6. The molecule has 1 aromatic rings.